The van der Waals surface area contributed by atoms with Gasteiger partial charge in [-0.1, -0.05) is 18.2 Å². The van der Waals surface area contributed by atoms with Crippen LogP contribution in [0.25, 0.3) is 0 Å². The maximum absolute atomic E-state index is 12.4. The first kappa shape index (κ1) is 16.1. The highest BCUT2D eigenvalue weighted by Gasteiger charge is 2.30. The summed E-state index contributed by atoms with van der Waals surface area (Å²) in [6.07, 6.45) is -4.49. The van der Waals surface area contributed by atoms with Crippen LogP contribution >= 0.6 is 21.0 Å². The molecule has 2 rings (SSSR count). The van der Waals surface area contributed by atoms with Gasteiger partial charge < -0.3 is 0 Å². The van der Waals surface area contributed by atoms with E-state index in [1.54, 1.807) is 30.3 Å². The van der Waals surface area contributed by atoms with Gasteiger partial charge in [0, 0.05) is 24.6 Å². The molecule has 0 saturated carbocycles. The van der Waals surface area contributed by atoms with Gasteiger partial charge in [0.15, 0.2) is 0 Å². The average Bonchev–Trinajstić information content (AvgIpc) is 2.46. The Bertz CT molecular complexity index is 741. The van der Waals surface area contributed by atoms with E-state index in [4.69, 9.17) is 0 Å². The van der Waals surface area contributed by atoms with Gasteiger partial charge in [0.2, 0.25) is 0 Å². The molecule has 0 atom stereocenters. The summed E-state index contributed by atoms with van der Waals surface area (Å²) in [6, 6.07) is 12.2. The van der Waals surface area contributed by atoms with Crippen LogP contribution in [-0.2, 0) is 16.2 Å². The van der Waals surface area contributed by atoms with E-state index >= 15 is 0 Å². The smallest absolute Gasteiger partial charge is 0.199 e. The Morgan fingerprint density at radius 2 is 1.48 bits per heavy atom. The lowest BCUT2D eigenvalue weighted by Crippen LogP contribution is -2.05. The van der Waals surface area contributed by atoms with Crippen molar-refractivity contribution in [1.82, 2.24) is 0 Å². The summed E-state index contributed by atoms with van der Waals surface area (Å²) in [5, 5.41) is 0. The van der Waals surface area contributed by atoms with Crippen molar-refractivity contribution < 1.29 is 21.6 Å². The lowest BCUT2D eigenvalue weighted by atomic mass is 10.2. The molecule has 0 aliphatic rings. The first-order valence-corrected chi connectivity index (χ1v) is 9.11. The van der Waals surface area contributed by atoms with Gasteiger partial charge in [0.05, 0.1) is 10.5 Å². The van der Waals surface area contributed by atoms with Crippen LogP contribution in [0.5, 0.6) is 0 Å². The number of nitrogens with zero attached hydrogens (tertiary/aromatic N) is 1. The molecule has 0 spiro atoms. The third-order valence-electron chi connectivity index (χ3n) is 2.44. The lowest BCUT2D eigenvalue weighted by molar-refractivity contribution is -0.137. The van der Waals surface area contributed by atoms with E-state index in [-0.39, 0.29) is 4.90 Å². The fourth-order valence-corrected chi connectivity index (χ4v) is 5.02. The molecule has 21 heavy (non-hydrogen) atoms. The molecule has 0 unspecified atom stereocenters. The van der Waals surface area contributed by atoms with Crippen molar-refractivity contribution in [3.63, 3.8) is 0 Å². The van der Waals surface area contributed by atoms with Gasteiger partial charge in [-0.15, -0.1) is 2.55 Å². The maximum atomic E-state index is 12.4. The largest absolute Gasteiger partial charge is 0.416 e. The first-order chi connectivity index (χ1) is 9.79. The Hall–Kier alpha value is -1.29. The normalized spacial score (nSPS) is 13.1. The number of rotatable bonds is 3. The molecule has 3 nitrogen and oxygen atoms in total. The zero-order valence-electron chi connectivity index (χ0n) is 10.4. The van der Waals surface area contributed by atoms with Gasteiger partial charge in [-0.3, -0.25) is 0 Å². The third kappa shape index (κ3) is 4.34. The second kappa shape index (κ2) is 6.22. The Kier molecular flexibility index (Phi) is 4.77. The van der Waals surface area contributed by atoms with Crippen molar-refractivity contribution >= 4 is 31.1 Å². The molecular weight excluding hydrogens is 418 g/mol. The zero-order valence-corrected chi connectivity index (χ0v) is 13.4. The molecule has 0 fully saturated rings. The minimum absolute atomic E-state index is 0.230. The highest BCUT2D eigenvalue weighted by Crippen LogP contribution is 2.30. The molecule has 0 aliphatic carbocycles. The second-order valence-electron chi connectivity index (χ2n) is 3.95. The van der Waals surface area contributed by atoms with Crippen molar-refractivity contribution in [3.05, 3.63) is 63.7 Å². The molecule has 112 valence electrons. The summed E-state index contributed by atoms with van der Waals surface area (Å²) in [7, 11) is -3.91. The van der Waals surface area contributed by atoms with Crippen LogP contribution in [0.1, 0.15) is 5.56 Å². The topological polar surface area (TPSA) is 46.5 Å². The predicted molar refractivity (Wildman–Crippen MR) is 80.2 cm³/mol. The SMILES string of the molecule is O=S(=O)(N=Ic1ccccc1)c1ccc(C(F)(F)F)cc1. The summed E-state index contributed by atoms with van der Waals surface area (Å²) in [5.41, 5.74) is -0.890. The lowest BCUT2D eigenvalue weighted by Gasteiger charge is -2.06. The maximum Gasteiger partial charge on any atom is 0.416 e. The number of hydrogen-bond acceptors (Lipinski definition) is 2. The molecule has 2 aromatic rings. The van der Waals surface area contributed by atoms with Crippen molar-refractivity contribution in [2.45, 2.75) is 11.1 Å². The summed E-state index contributed by atoms with van der Waals surface area (Å²) >= 11 is -1.10. The van der Waals surface area contributed by atoms with E-state index in [2.05, 4.69) is 2.55 Å². The van der Waals surface area contributed by atoms with Gasteiger partial charge in [0.1, 0.15) is 0 Å². The van der Waals surface area contributed by atoms with Crippen molar-refractivity contribution in [3.8, 4) is 0 Å². The molecule has 2 aromatic carbocycles. The minimum atomic E-state index is -4.49. The third-order valence-corrected chi connectivity index (χ3v) is 6.98. The van der Waals surface area contributed by atoms with Crippen LogP contribution in [0.2, 0.25) is 0 Å². The van der Waals surface area contributed by atoms with Crippen molar-refractivity contribution in [2.75, 3.05) is 0 Å². The fraction of sp³-hybridized carbons (Fsp3) is 0.0769. The monoisotopic (exact) mass is 427 g/mol. The van der Waals surface area contributed by atoms with Gasteiger partial charge in [-0.25, -0.2) is 0 Å². The van der Waals surface area contributed by atoms with E-state index < -0.39 is 42.8 Å². The molecule has 0 aliphatic heterocycles. The Labute approximate surface area is 130 Å². The molecule has 0 radical (unpaired) electrons. The molecule has 0 N–H and O–H groups in total. The van der Waals surface area contributed by atoms with Gasteiger partial charge >= 0.3 is 6.18 Å². The van der Waals surface area contributed by atoms with Crippen LogP contribution in [0.15, 0.2) is 62.0 Å². The molecule has 0 amide bonds. The van der Waals surface area contributed by atoms with Crippen molar-refractivity contribution in [2.24, 2.45) is 2.55 Å². The summed E-state index contributed by atoms with van der Waals surface area (Å²) in [5.74, 6) is 0. The van der Waals surface area contributed by atoms with E-state index in [1.807, 2.05) is 0 Å². The molecular formula is C13H9F3INO2S. The Balaban J connectivity index is 2.26. The minimum Gasteiger partial charge on any atom is -0.199 e. The Morgan fingerprint density at radius 1 is 0.905 bits per heavy atom. The summed E-state index contributed by atoms with van der Waals surface area (Å²) < 4.78 is 65.6. The molecule has 0 bridgehead atoms. The average molecular weight is 427 g/mol. The van der Waals surface area contributed by atoms with Gasteiger partial charge in [-0.2, -0.15) is 21.6 Å². The quantitative estimate of drug-likeness (QED) is 0.682. The number of hydrogen-bond donors (Lipinski definition) is 0. The highest BCUT2D eigenvalue weighted by molar-refractivity contribution is 14.2. The van der Waals surface area contributed by atoms with Crippen LogP contribution in [-0.4, -0.2) is 8.42 Å². The summed E-state index contributed by atoms with van der Waals surface area (Å²) in [6.45, 7) is 0. The fourth-order valence-electron chi connectivity index (χ4n) is 1.41. The van der Waals surface area contributed by atoms with E-state index in [1.165, 1.54) is 0 Å². The van der Waals surface area contributed by atoms with Crippen LogP contribution in [0.3, 0.4) is 0 Å². The molecule has 8 heteroatoms. The zero-order chi connectivity index (χ0) is 15.5. The van der Waals surface area contributed by atoms with E-state index in [0.29, 0.717) is 0 Å². The molecule has 0 aromatic heterocycles. The van der Waals surface area contributed by atoms with E-state index in [0.717, 1.165) is 27.8 Å². The molecule has 0 saturated heterocycles. The van der Waals surface area contributed by atoms with E-state index in [9.17, 15) is 21.6 Å². The van der Waals surface area contributed by atoms with Gasteiger partial charge in [-0.05, 0) is 36.4 Å². The number of sulfonamides is 1. The van der Waals surface area contributed by atoms with Crippen LogP contribution < -0.4 is 0 Å². The number of benzene rings is 2. The standard InChI is InChI=1S/C13H9F3INO2S/c14-13(15,16)10-6-8-12(9-7-10)21(19,20)18-17-11-4-2-1-3-5-11/h1-9H. The number of halogens is 4. The highest BCUT2D eigenvalue weighted by atomic mass is 127. The van der Waals surface area contributed by atoms with Gasteiger partial charge in [0.25, 0.3) is 10.0 Å². The van der Waals surface area contributed by atoms with Crippen LogP contribution in [0, 0.1) is 3.57 Å². The molecule has 0 heterocycles. The predicted octanol–water partition coefficient (Wildman–Crippen LogP) is 4.42. The van der Waals surface area contributed by atoms with Crippen LogP contribution in [0.4, 0.5) is 13.2 Å². The van der Waals surface area contributed by atoms with Crippen molar-refractivity contribution in [1.29, 1.82) is 0 Å². The number of alkyl halides is 3. The second-order valence-corrected chi connectivity index (χ2v) is 8.42. The first-order valence-electron chi connectivity index (χ1n) is 5.63. The Morgan fingerprint density at radius 3 is 2.00 bits per heavy atom. The summed E-state index contributed by atoms with van der Waals surface area (Å²) in [4.78, 5) is -0.230.